The highest BCUT2D eigenvalue weighted by Crippen LogP contribution is 2.35. The summed E-state index contributed by atoms with van der Waals surface area (Å²) in [5, 5.41) is 4.60. The Morgan fingerprint density at radius 1 is 1.25 bits per heavy atom. The van der Waals surface area contributed by atoms with Crippen LogP contribution >= 0.6 is 12.4 Å². The summed E-state index contributed by atoms with van der Waals surface area (Å²) in [7, 11) is -3.67. The summed E-state index contributed by atoms with van der Waals surface area (Å²) in [4.78, 5) is 4.31. The fourth-order valence-corrected chi connectivity index (χ4v) is 5.25. The highest BCUT2D eigenvalue weighted by atomic mass is 35.5. The van der Waals surface area contributed by atoms with Crippen molar-refractivity contribution in [2.75, 3.05) is 19.6 Å². The Kier molecular flexibility index (Phi) is 6.04. The Hall–Kier alpha value is -2.00. The largest absolute Gasteiger partial charge is 0.336 e. The van der Waals surface area contributed by atoms with Gasteiger partial charge in [0, 0.05) is 19.0 Å². The zero-order valence-electron chi connectivity index (χ0n) is 15.5. The minimum absolute atomic E-state index is 0. The fraction of sp³-hybridized carbons (Fsp3) is 0.368. The van der Waals surface area contributed by atoms with Gasteiger partial charge in [0.25, 0.3) is 5.71 Å². The summed E-state index contributed by atoms with van der Waals surface area (Å²) in [6, 6.07) is 11.6. The van der Waals surface area contributed by atoms with Crippen LogP contribution in [-0.4, -0.2) is 42.5 Å². The van der Waals surface area contributed by atoms with Gasteiger partial charge in [0.05, 0.1) is 17.3 Å². The first-order chi connectivity index (χ1) is 13.0. The number of nitrogens with zero attached hydrogens (tertiary/aromatic N) is 3. The van der Waals surface area contributed by atoms with Gasteiger partial charge in [0.15, 0.2) is 0 Å². The lowest BCUT2D eigenvalue weighted by Gasteiger charge is -2.17. The molecule has 3 heterocycles. The summed E-state index contributed by atoms with van der Waals surface area (Å²) in [5.74, 6) is 0.171. The van der Waals surface area contributed by atoms with Gasteiger partial charge >= 0.3 is 0 Å². The average molecular weight is 423 g/mol. The summed E-state index contributed by atoms with van der Waals surface area (Å²) in [6.07, 6.45) is 1.99. The van der Waals surface area contributed by atoms with Crippen LogP contribution in [0.1, 0.15) is 24.1 Å². The van der Waals surface area contributed by atoms with E-state index in [4.69, 9.17) is 10.3 Å². The standard InChI is InChI=1S/C19H22N4O3S.ClH/c1-2-18-16-8-15(10-21-19(16)26-22-18)27(24,25)23-11-14(9-20)17(12-23)13-6-4-3-5-7-13;/h3-8,10,14,17H,2,9,11-12,20H2,1H3;1H/t14-,17+;/m1./s1. The molecule has 2 N–H and O–H groups in total. The van der Waals surface area contributed by atoms with E-state index in [0.29, 0.717) is 42.8 Å². The van der Waals surface area contributed by atoms with Gasteiger partial charge in [-0.15, -0.1) is 12.4 Å². The van der Waals surface area contributed by atoms with E-state index < -0.39 is 10.0 Å². The van der Waals surface area contributed by atoms with Crippen molar-refractivity contribution in [2.24, 2.45) is 11.7 Å². The molecule has 2 aromatic heterocycles. The number of hydrogen-bond donors (Lipinski definition) is 1. The quantitative estimate of drug-likeness (QED) is 0.677. The molecule has 0 aliphatic carbocycles. The van der Waals surface area contributed by atoms with Gasteiger partial charge in [-0.2, -0.15) is 4.31 Å². The molecule has 1 aromatic carbocycles. The van der Waals surface area contributed by atoms with Crippen molar-refractivity contribution >= 4 is 33.5 Å². The number of hydrogen-bond acceptors (Lipinski definition) is 6. The molecule has 0 bridgehead atoms. The number of nitrogens with two attached hydrogens (primary N) is 1. The number of pyridine rings is 1. The Morgan fingerprint density at radius 2 is 2.00 bits per heavy atom. The van der Waals surface area contributed by atoms with Gasteiger partial charge in [-0.1, -0.05) is 42.4 Å². The molecule has 1 saturated heterocycles. The maximum Gasteiger partial charge on any atom is 0.258 e. The topological polar surface area (TPSA) is 102 Å². The van der Waals surface area contributed by atoms with Crippen molar-refractivity contribution in [3.63, 3.8) is 0 Å². The van der Waals surface area contributed by atoms with Crippen LogP contribution in [0.25, 0.3) is 11.1 Å². The monoisotopic (exact) mass is 422 g/mol. The van der Waals surface area contributed by atoms with Gasteiger partial charge < -0.3 is 10.3 Å². The summed E-state index contributed by atoms with van der Waals surface area (Å²) >= 11 is 0. The molecule has 9 heteroatoms. The zero-order valence-corrected chi connectivity index (χ0v) is 17.1. The summed E-state index contributed by atoms with van der Waals surface area (Å²) in [6.45, 7) is 3.20. The van der Waals surface area contributed by atoms with E-state index in [2.05, 4.69) is 10.1 Å². The lowest BCUT2D eigenvalue weighted by atomic mass is 9.89. The second kappa shape index (κ2) is 8.16. The molecule has 1 aliphatic rings. The molecular weight excluding hydrogens is 400 g/mol. The van der Waals surface area contributed by atoms with E-state index in [0.717, 1.165) is 5.56 Å². The molecular formula is C19H23ClN4O3S. The first-order valence-corrected chi connectivity index (χ1v) is 10.5. The normalized spacial score (nSPS) is 20.4. The second-order valence-corrected chi connectivity index (χ2v) is 8.78. The molecule has 4 rings (SSSR count). The third-order valence-corrected chi connectivity index (χ3v) is 7.09. The third-order valence-electron chi connectivity index (χ3n) is 5.29. The highest BCUT2D eigenvalue weighted by Gasteiger charge is 2.39. The van der Waals surface area contributed by atoms with Crippen LogP contribution in [0.2, 0.25) is 0 Å². The van der Waals surface area contributed by atoms with E-state index in [1.807, 2.05) is 37.3 Å². The van der Waals surface area contributed by atoms with Crippen LogP contribution < -0.4 is 5.73 Å². The van der Waals surface area contributed by atoms with Crippen LogP contribution in [0.5, 0.6) is 0 Å². The number of rotatable bonds is 5. The van der Waals surface area contributed by atoms with Crippen LogP contribution in [0.3, 0.4) is 0 Å². The van der Waals surface area contributed by atoms with E-state index in [1.54, 1.807) is 6.07 Å². The molecule has 7 nitrogen and oxygen atoms in total. The third kappa shape index (κ3) is 3.53. The minimum atomic E-state index is -3.67. The van der Waals surface area contributed by atoms with Crippen LogP contribution in [-0.2, 0) is 16.4 Å². The van der Waals surface area contributed by atoms with Crippen molar-refractivity contribution in [2.45, 2.75) is 24.2 Å². The first-order valence-electron chi connectivity index (χ1n) is 9.04. The molecule has 0 spiro atoms. The molecule has 2 atom stereocenters. The van der Waals surface area contributed by atoms with E-state index >= 15 is 0 Å². The number of aromatic nitrogens is 2. The Bertz CT molecular complexity index is 1060. The second-order valence-electron chi connectivity index (χ2n) is 6.84. The molecule has 0 saturated carbocycles. The Balaban J connectivity index is 0.00000225. The molecule has 28 heavy (non-hydrogen) atoms. The van der Waals surface area contributed by atoms with Crippen molar-refractivity contribution < 1.29 is 12.9 Å². The lowest BCUT2D eigenvalue weighted by Crippen LogP contribution is -2.30. The van der Waals surface area contributed by atoms with Crippen molar-refractivity contribution in [3.05, 3.63) is 53.9 Å². The van der Waals surface area contributed by atoms with E-state index in [1.165, 1.54) is 10.5 Å². The summed E-state index contributed by atoms with van der Waals surface area (Å²) in [5.41, 5.74) is 8.13. The number of benzene rings is 1. The molecule has 1 aliphatic heterocycles. The van der Waals surface area contributed by atoms with Crippen LogP contribution in [0, 0.1) is 5.92 Å². The molecule has 0 amide bonds. The highest BCUT2D eigenvalue weighted by molar-refractivity contribution is 7.89. The van der Waals surface area contributed by atoms with Gasteiger partial charge in [-0.3, -0.25) is 0 Å². The smallest absolute Gasteiger partial charge is 0.258 e. The van der Waals surface area contributed by atoms with Gasteiger partial charge in [-0.25, -0.2) is 13.4 Å². The van der Waals surface area contributed by atoms with Crippen molar-refractivity contribution in [1.29, 1.82) is 0 Å². The number of halogens is 1. The number of sulfonamides is 1. The van der Waals surface area contributed by atoms with Crippen LogP contribution in [0.4, 0.5) is 0 Å². The minimum Gasteiger partial charge on any atom is -0.336 e. The average Bonchev–Trinajstić information content (AvgIpc) is 3.32. The SMILES string of the molecule is CCc1noc2ncc(S(=O)(=O)N3C[C@@H](CN)[C@H](c4ccccc4)C3)cc12.Cl. The zero-order chi connectivity index (χ0) is 19.0. The predicted octanol–water partition coefficient (Wildman–Crippen LogP) is 2.57. The van der Waals surface area contributed by atoms with Crippen molar-refractivity contribution in [1.82, 2.24) is 14.4 Å². The number of fused-ring (bicyclic) bond motifs is 1. The fourth-order valence-electron chi connectivity index (χ4n) is 3.75. The molecule has 150 valence electrons. The van der Waals surface area contributed by atoms with E-state index in [9.17, 15) is 8.42 Å². The first kappa shape index (κ1) is 20.7. The lowest BCUT2D eigenvalue weighted by molar-refractivity contribution is 0.439. The molecule has 0 unspecified atom stereocenters. The molecule has 0 radical (unpaired) electrons. The maximum absolute atomic E-state index is 13.2. The van der Waals surface area contributed by atoms with Gasteiger partial charge in [-0.05, 0) is 30.5 Å². The Morgan fingerprint density at radius 3 is 2.68 bits per heavy atom. The van der Waals surface area contributed by atoms with Gasteiger partial charge in [0.2, 0.25) is 10.0 Å². The van der Waals surface area contributed by atoms with Gasteiger partial charge in [0.1, 0.15) is 4.90 Å². The number of aryl methyl sites for hydroxylation is 1. The van der Waals surface area contributed by atoms with Crippen molar-refractivity contribution in [3.8, 4) is 0 Å². The maximum atomic E-state index is 13.2. The van der Waals surface area contributed by atoms with Crippen LogP contribution in [0.15, 0.2) is 52.0 Å². The van der Waals surface area contributed by atoms with E-state index in [-0.39, 0.29) is 29.1 Å². The summed E-state index contributed by atoms with van der Waals surface area (Å²) < 4.78 is 33.1. The molecule has 1 fully saturated rings. The predicted molar refractivity (Wildman–Crippen MR) is 109 cm³/mol. The Labute approximate surface area is 170 Å². The molecule has 3 aromatic rings.